The Labute approximate surface area is 187 Å². The van der Waals surface area contributed by atoms with Crippen LogP contribution in [0.15, 0.2) is 53.4 Å². The van der Waals surface area contributed by atoms with Gasteiger partial charge in [-0.1, -0.05) is 23.7 Å². The van der Waals surface area contributed by atoms with E-state index in [-0.39, 0.29) is 10.6 Å². The Morgan fingerprint density at radius 3 is 2.81 bits per heavy atom. The predicted molar refractivity (Wildman–Crippen MR) is 125 cm³/mol. The van der Waals surface area contributed by atoms with E-state index in [9.17, 15) is 13.5 Å². The molecule has 0 spiro atoms. The van der Waals surface area contributed by atoms with E-state index in [1.54, 1.807) is 0 Å². The van der Waals surface area contributed by atoms with Gasteiger partial charge in [-0.2, -0.15) is 0 Å². The fraction of sp³-hybridized carbons (Fsp3) is 0.304. The first kappa shape index (κ1) is 21.9. The molecule has 8 heteroatoms. The van der Waals surface area contributed by atoms with E-state index in [0.717, 1.165) is 47.7 Å². The van der Waals surface area contributed by atoms with Gasteiger partial charge in [0, 0.05) is 46.8 Å². The second-order valence-electron chi connectivity index (χ2n) is 7.84. The Balaban J connectivity index is 1.33. The molecule has 3 N–H and O–H groups in total. The molecule has 2 aromatic carbocycles. The maximum absolute atomic E-state index is 12.3. The number of phenolic OH excluding ortho intramolecular Hbond substituents is 1. The normalized spacial score (nSPS) is 15.4. The number of halogens is 1. The highest BCUT2D eigenvalue weighted by Crippen LogP contribution is 2.33. The lowest BCUT2D eigenvalue weighted by Gasteiger charge is -2.26. The summed E-state index contributed by atoms with van der Waals surface area (Å²) in [6, 6.07) is 11.6. The fourth-order valence-corrected chi connectivity index (χ4v) is 5.38. The minimum absolute atomic E-state index is 0.0634. The average Bonchev–Trinajstić information content (AvgIpc) is 3.06. The molecule has 0 aliphatic carbocycles. The molecular formula is C23H26ClN3O3S. The van der Waals surface area contributed by atoms with Gasteiger partial charge >= 0.3 is 0 Å². The number of aromatic amines is 1. The number of phenols is 1. The Morgan fingerprint density at radius 1 is 1.23 bits per heavy atom. The minimum atomic E-state index is -3.61. The Kier molecular flexibility index (Phi) is 6.39. The number of nitrogens with one attached hydrogen (secondary N) is 2. The summed E-state index contributed by atoms with van der Waals surface area (Å²) in [5.41, 5.74) is 4.82. The molecular weight excluding hydrogens is 434 g/mol. The van der Waals surface area contributed by atoms with Crippen molar-refractivity contribution in [1.82, 2.24) is 14.6 Å². The third-order valence-corrected chi connectivity index (χ3v) is 7.33. The molecule has 4 rings (SSSR count). The summed E-state index contributed by atoms with van der Waals surface area (Å²) in [5.74, 6) is -0.0634. The van der Waals surface area contributed by atoms with Crippen LogP contribution in [0.2, 0.25) is 5.02 Å². The van der Waals surface area contributed by atoms with Crippen LogP contribution in [-0.2, 0) is 10.0 Å². The van der Waals surface area contributed by atoms with E-state index in [4.69, 9.17) is 11.6 Å². The van der Waals surface area contributed by atoms with Gasteiger partial charge in [0.05, 0.1) is 4.90 Å². The van der Waals surface area contributed by atoms with Gasteiger partial charge in [0.1, 0.15) is 5.75 Å². The molecule has 164 valence electrons. The SMILES string of the molecule is Cc1[nH]c2ccc(Cl)cc2c1C1=CCN(CCCNS(=O)(=O)c2cccc(O)c2)CC1. The first-order valence-corrected chi connectivity index (χ1v) is 12.2. The number of aryl methyl sites for hydroxylation is 1. The van der Waals surface area contributed by atoms with Gasteiger partial charge in [0.2, 0.25) is 10.0 Å². The van der Waals surface area contributed by atoms with E-state index in [1.165, 1.54) is 35.4 Å². The summed E-state index contributed by atoms with van der Waals surface area (Å²) >= 11 is 6.21. The molecule has 0 unspecified atom stereocenters. The monoisotopic (exact) mass is 459 g/mol. The van der Waals surface area contributed by atoms with Crippen molar-refractivity contribution < 1.29 is 13.5 Å². The minimum Gasteiger partial charge on any atom is -0.508 e. The highest BCUT2D eigenvalue weighted by Gasteiger charge is 2.18. The van der Waals surface area contributed by atoms with Gasteiger partial charge in [0.25, 0.3) is 0 Å². The molecule has 1 aliphatic rings. The van der Waals surface area contributed by atoms with Crippen LogP contribution in [0.4, 0.5) is 0 Å². The zero-order chi connectivity index (χ0) is 22.0. The number of H-pyrrole nitrogens is 1. The molecule has 3 aromatic rings. The number of hydrogen-bond donors (Lipinski definition) is 3. The fourth-order valence-electron chi connectivity index (χ4n) is 4.10. The topological polar surface area (TPSA) is 85.4 Å². The molecule has 0 radical (unpaired) electrons. The number of sulfonamides is 1. The molecule has 1 aromatic heterocycles. The molecule has 0 fully saturated rings. The molecule has 1 aliphatic heterocycles. The summed E-state index contributed by atoms with van der Waals surface area (Å²) < 4.78 is 27.2. The lowest BCUT2D eigenvalue weighted by atomic mass is 9.96. The van der Waals surface area contributed by atoms with Crippen LogP contribution in [0.1, 0.15) is 24.1 Å². The largest absolute Gasteiger partial charge is 0.508 e. The smallest absolute Gasteiger partial charge is 0.240 e. The van der Waals surface area contributed by atoms with Gasteiger partial charge in [-0.15, -0.1) is 0 Å². The molecule has 31 heavy (non-hydrogen) atoms. The van der Waals surface area contributed by atoms with E-state index in [2.05, 4.69) is 27.6 Å². The number of nitrogens with zero attached hydrogens (tertiary/aromatic N) is 1. The molecule has 0 bridgehead atoms. The van der Waals surface area contributed by atoms with Crippen molar-refractivity contribution in [3.63, 3.8) is 0 Å². The zero-order valence-corrected chi connectivity index (χ0v) is 18.9. The third kappa shape index (κ3) is 4.96. The second kappa shape index (κ2) is 9.04. The Morgan fingerprint density at radius 2 is 2.06 bits per heavy atom. The van der Waals surface area contributed by atoms with Crippen LogP contribution in [0.25, 0.3) is 16.5 Å². The Bertz CT molecular complexity index is 1230. The van der Waals surface area contributed by atoms with Gasteiger partial charge in [-0.25, -0.2) is 13.1 Å². The van der Waals surface area contributed by atoms with Crippen LogP contribution < -0.4 is 4.72 Å². The van der Waals surface area contributed by atoms with Gasteiger partial charge in [0.15, 0.2) is 0 Å². The molecule has 0 amide bonds. The highest BCUT2D eigenvalue weighted by molar-refractivity contribution is 7.89. The zero-order valence-electron chi connectivity index (χ0n) is 17.4. The highest BCUT2D eigenvalue weighted by atomic mass is 35.5. The quantitative estimate of drug-likeness (QED) is 0.460. The Hall–Kier alpha value is -2.32. The molecule has 0 saturated carbocycles. The van der Waals surface area contributed by atoms with Crippen molar-refractivity contribution in [3.05, 3.63) is 64.8 Å². The maximum atomic E-state index is 12.3. The van der Waals surface area contributed by atoms with E-state index in [1.807, 2.05) is 18.2 Å². The summed E-state index contributed by atoms with van der Waals surface area (Å²) in [4.78, 5) is 5.84. The van der Waals surface area contributed by atoms with E-state index in [0.29, 0.717) is 13.0 Å². The van der Waals surface area contributed by atoms with Gasteiger partial charge < -0.3 is 10.1 Å². The summed E-state index contributed by atoms with van der Waals surface area (Å²) in [6.07, 6.45) is 3.91. The number of hydrogen-bond acceptors (Lipinski definition) is 4. The summed E-state index contributed by atoms with van der Waals surface area (Å²) in [5, 5.41) is 11.4. The first-order chi connectivity index (χ1) is 14.8. The lowest BCUT2D eigenvalue weighted by Crippen LogP contribution is -2.32. The molecule has 0 saturated heterocycles. The first-order valence-electron chi connectivity index (χ1n) is 10.3. The maximum Gasteiger partial charge on any atom is 0.240 e. The van der Waals surface area contributed by atoms with Crippen molar-refractivity contribution in [2.75, 3.05) is 26.2 Å². The van der Waals surface area contributed by atoms with Crippen molar-refractivity contribution >= 4 is 38.1 Å². The average molecular weight is 460 g/mol. The number of aromatic hydroxyl groups is 1. The molecule has 2 heterocycles. The van der Waals surface area contributed by atoms with Crippen LogP contribution in [0.5, 0.6) is 5.75 Å². The number of fused-ring (bicyclic) bond motifs is 1. The molecule has 6 nitrogen and oxygen atoms in total. The van der Waals surface area contributed by atoms with E-state index < -0.39 is 10.0 Å². The van der Waals surface area contributed by atoms with Crippen molar-refractivity contribution in [1.29, 1.82) is 0 Å². The van der Waals surface area contributed by atoms with Crippen molar-refractivity contribution in [3.8, 4) is 5.75 Å². The van der Waals surface area contributed by atoms with Crippen molar-refractivity contribution in [2.24, 2.45) is 0 Å². The number of benzene rings is 2. The van der Waals surface area contributed by atoms with Crippen LogP contribution in [0, 0.1) is 6.92 Å². The predicted octanol–water partition coefficient (Wildman–Crippen LogP) is 4.29. The molecule has 0 atom stereocenters. The number of aromatic nitrogens is 1. The van der Waals surface area contributed by atoms with Crippen LogP contribution in [0.3, 0.4) is 0 Å². The van der Waals surface area contributed by atoms with Gasteiger partial charge in [-0.05, 0) is 68.3 Å². The van der Waals surface area contributed by atoms with Crippen molar-refractivity contribution in [2.45, 2.75) is 24.7 Å². The number of rotatable bonds is 7. The third-order valence-electron chi connectivity index (χ3n) is 5.63. The second-order valence-corrected chi connectivity index (χ2v) is 10.0. The lowest BCUT2D eigenvalue weighted by molar-refractivity contribution is 0.298. The van der Waals surface area contributed by atoms with Gasteiger partial charge in [-0.3, -0.25) is 4.90 Å². The van der Waals surface area contributed by atoms with Crippen LogP contribution in [-0.4, -0.2) is 49.6 Å². The standard InChI is InChI=1S/C23H26ClN3O3S/c1-16-23(21-14-18(24)6-7-22(21)26-16)17-8-12-27(13-9-17)11-3-10-25-31(29,30)20-5-2-4-19(28)15-20/h2,4-8,14-15,25-26,28H,3,9-13H2,1H3. The van der Waals surface area contributed by atoms with Crippen LogP contribution >= 0.6 is 11.6 Å². The summed E-state index contributed by atoms with van der Waals surface area (Å²) in [7, 11) is -3.61. The van der Waals surface area contributed by atoms with E-state index >= 15 is 0 Å². The summed E-state index contributed by atoms with van der Waals surface area (Å²) in [6.45, 7) is 5.02.